The summed E-state index contributed by atoms with van der Waals surface area (Å²) in [5.41, 5.74) is 3.60. The van der Waals surface area contributed by atoms with E-state index in [1.807, 2.05) is 36.4 Å². The first-order valence-electron chi connectivity index (χ1n) is 10.0. The van der Waals surface area contributed by atoms with Crippen LogP contribution in [-0.2, 0) is 24.2 Å². The molecule has 0 fully saturated rings. The SMILES string of the molecule is C[C@@H](Oc1ccc2c(c1)CCCC2)C(=O)N(C)Cc1nc(-c2ccccc2)no1. The Kier molecular flexibility index (Phi) is 5.60. The Labute approximate surface area is 170 Å². The molecule has 3 aromatic rings. The second kappa shape index (κ2) is 8.47. The average molecular weight is 391 g/mol. The van der Waals surface area contributed by atoms with Crippen LogP contribution in [0, 0.1) is 0 Å². The maximum absolute atomic E-state index is 12.7. The lowest BCUT2D eigenvalue weighted by atomic mass is 9.92. The summed E-state index contributed by atoms with van der Waals surface area (Å²) in [6.07, 6.45) is 4.06. The van der Waals surface area contributed by atoms with E-state index in [0.717, 1.165) is 24.2 Å². The molecule has 29 heavy (non-hydrogen) atoms. The van der Waals surface area contributed by atoms with E-state index in [-0.39, 0.29) is 12.5 Å². The van der Waals surface area contributed by atoms with Gasteiger partial charge in [-0.2, -0.15) is 4.98 Å². The molecule has 1 amide bonds. The van der Waals surface area contributed by atoms with Crippen LogP contribution in [-0.4, -0.2) is 34.1 Å². The number of benzene rings is 2. The normalized spacial score (nSPS) is 14.1. The summed E-state index contributed by atoms with van der Waals surface area (Å²) in [6, 6.07) is 15.7. The molecule has 0 aliphatic heterocycles. The predicted octanol–water partition coefficient (Wildman–Crippen LogP) is 4.04. The fraction of sp³-hybridized carbons (Fsp3) is 0.348. The largest absolute Gasteiger partial charge is 0.481 e. The number of ether oxygens (including phenoxy) is 1. The third-order valence-corrected chi connectivity index (χ3v) is 5.23. The molecule has 0 radical (unpaired) electrons. The van der Waals surface area contributed by atoms with Gasteiger partial charge < -0.3 is 14.2 Å². The molecule has 1 heterocycles. The molecule has 4 rings (SSSR count). The lowest BCUT2D eigenvalue weighted by Crippen LogP contribution is -2.37. The van der Waals surface area contributed by atoms with Crippen molar-refractivity contribution in [3.63, 3.8) is 0 Å². The summed E-state index contributed by atoms with van der Waals surface area (Å²) in [5, 5.41) is 4.00. The number of aryl methyl sites for hydroxylation is 2. The van der Waals surface area contributed by atoms with E-state index < -0.39 is 6.10 Å². The summed E-state index contributed by atoms with van der Waals surface area (Å²) < 4.78 is 11.2. The van der Waals surface area contributed by atoms with Crippen LogP contribution in [0.15, 0.2) is 53.1 Å². The topological polar surface area (TPSA) is 68.5 Å². The monoisotopic (exact) mass is 391 g/mol. The maximum atomic E-state index is 12.7. The van der Waals surface area contributed by atoms with E-state index in [9.17, 15) is 4.79 Å². The fourth-order valence-corrected chi connectivity index (χ4v) is 3.65. The van der Waals surface area contributed by atoms with E-state index in [0.29, 0.717) is 11.7 Å². The number of rotatable bonds is 6. The van der Waals surface area contributed by atoms with E-state index in [4.69, 9.17) is 9.26 Å². The Morgan fingerprint density at radius 3 is 2.69 bits per heavy atom. The Morgan fingerprint density at radius 2 is 1.90 bits per heavy atom. The minimum absolute atomic E-state index is 0.137. The van der Waals surface area contributed by atoms with Gasteiger partial charge >= 0.3 is 0 Å². The van der Waals surface area contributed by atoms with Crippen molar-refractivity contribution in [1.29, 1.82) is 0 Å². The molecule has 1 aliphatic carbocycles. The highest BCUT2D eigenvalue weighted by molar-refractivity contribution is 5.80. The Balaban J connectivity index is 1.37. The molecule has 6 heteroatoms. The highest BCUT2D eigenvalue weighted by Crippen LogP contribution is 2.26. The van der Waals surface area contributed by atoms with Crippen LogP contribution in [0.25, 0.3) is 11.4 Å². The Bertz CT molecular complexity index is 984. The Hall–Kier alpha value is -3.15. The molecular weight excluding hydrogens is 366 g/mol. The molecule has 6 nitrogen and oxygen atoms in total. The van der Waals surface area contributed by atoms with E-state index in [1.165, 1.54) is 24.0 Å². The number of carbonyl (C=O) groups is 1. The van der Waals surface area contributed by atoms with Crippen molar-refractivity contribution in [2.24, 2.45) is 0 Å². The van der Waals surface area contributed by atoms with Crippen molar-refractivity contribution in [2.45, 2.75) is 45.3 Å². The highest BCUT2D eigenvalue weighted by atomic mass is 16.5. The molecule has 1 aromatic heterocycles. The van der Waals surface area contributed by atoms with Gasteiger partial charge in [0.15, 0.2) is 6.10 Å². The van der Waals surface area contributed by atoms with Gasteiger partial charge in [-0.1, -0.05) is 41.6 Å². The molecule has 0 spiro atoms. The van der Waals surface area contributed by atoms with Gasteiger partial charge in [0.1, 0.15) is 5.75 Å². The number of hydrogen-bond donors (Lipinski definition) is 0. The molecule has 0 unspecified atom stereocenters. The van der Waals surface area contributed by atoms with Gasteiger partial charge in [-0.15, -0.1) is 0 Å². The van der Waals surface area contributed by atoms with E-state index in [2.05, 4.69) is 22.3 Å². The van der Waals surface area contributed by atoms with Crippen molar-refractivity contribution in [1.82, 2.24) is 15.0 Å². The van der Waals surface area contributed by atoms with Gasteiger partial charge in [0.2, 0.25) is 11.7 Å². The van der Waals surface area contributed by atoms with Crippen LogP contribution in [0.1, 0.15) is 36.8 Å². The number of fused-ring (bicyclic) bond motifs is 1. The summed E-state index contributed by atoms with van der Waals surface area (Å²) >= 11 is 0. The first-order chi connectivity index (χ1) is 14.1. The van der Waals surface area contributed by atoms with Crippen molar-refractivity contribution in [3.05, 3.63) is 65.5 Å². The maximum Gasteiger partial charge on any atom is 0.263 e. The number of hydrogen-bond acceptors (Lipinski definition) is 5. The predicted molar refractivity (Wildman–Crippen MR) is 109 cm³/mol. The first kappa shape index (κ1) is 19.2. The quantitative estimate of drug-likeness (QED) is 0.634. The van der Waals surface area contributed by atoms with Crippen LogP contribution in [0.4, 0.5) is 0 Å². The molecule has 1 atom stereocenters. The van der Waals surface area contributed by atoms with Crippen molar-refractivity contribution >= 4 is 5.91 Å². The highest BCUT2D eigenvalue weighted by Gasteiger charge is 2.22. The minimum Gasteiger partial charge on any atom is -0.481 e. The van der Waals surface area contributed by atoms with Gasteiger partial charge in [-0.05, 0) is 55.9 Å². The number of carbonyl (C=O) groups excluding carboxylic acids is 1. The summed E-state index contributed by atoms with van der Waals surface area (Å²) in [4.78, 5) is 18.7. The average Bonchev–Trinajstić information content (AvgIpc) is 3.22. The van der Waals surface area contributed by atoms with Gasteiger partial charge in [0, 0.05) is 12.6 Å². The molecule has 2 aromatic carbocycles. The molecule has 0 saturated carbocycles. The molecule has 0 bridgehead atoms. The summed E-state index contributed by atoms with van der Waals surface area (Å²) in [7, 11) is 1.71. The van der Waals surface area contributed by atoms with E-state index in [1.54, 1.807) is 18.9 Å². The van der Waals surface area contributed by atoms with Crippen molar-refractivity contribution in [3.8, 4) is 17.1 Å². The summed E-state index contributed by atoms with van der Waals surface area (Å²) in [6.45, 7) is 2.00. The second-order valence-electron chi connectivity index (χ2n) is 7.47. The lowest BCUT2D eigenvalue weighted by Gasteiger charge is -2.22. The van der Waals surface area contributed by atoms with E-state index >= 15 is 0 Å². The third-order valence-electron chi connectivity index (χ3n) is 5.23. The smallest absolute Gasteiger partial charge is 0.263 e. The molecule has 0 saturated heterocycles. The number of aromatic nitrogens is 2. The van der Waals surface area contributed by atoms with Crippen LogP contribution < -0.4 is 4.74 Å². The second-order valence-corrected chi connectivity index (χ2v) is 7.47. The fourth-order valence-electron chi connectivity index (χ4n) is 3.65. The zero-order valence-corrected chi connectivity index (χ0v) is 16.8. The van der Waals surface area contributed by atoms with Crippen LogP contribution in [0.5, 0.6) is 5.75 Å². The Morgan fingerprint density at radius 1 is 1.14 bits per heavy atom. The lowest BCUT2D eigenvalue weighted by molar-refractivity contribution is -0.137. The van der Waals surface area contributed by atoms with Crippen LogP contribution >= 0.6 is 0 Å². The molecule has 150 valence electrons. The number of amides is 1. The van der Waals surface area contributed by atoms with Crippen LogP contribution in [0.2, 0.25) is 0 Å². The van der Waals surface area contributed by atoms with Gasteiger partial charge in [-0.25, -0.2) is 0 Å². The molecule has 0 N–H and O–H groups in total. The standard InChI is InChI=1S/C23H25N3O3/c1-16(28-20-13-12-17-8-6-7-11-19(17)14-20)23(27)26(2)15-21-24-22(25-29-21)18-9-4-3-5-10-18/h3-5,9-10,12-14,16H,6-8,11,15H2,1-2H3/t16-/m1/s1. The number of likely N-dealkylation sites (N-methyl/N-ethyl adjacent to an activating group) is 1. The van der Waals surface area contributed by atoms with Gasteiger partial charge in [0.25, 0.3) is 5.91 Å². The van der Waals surface area contributed by atoms with Crippen LogP contribution in [0.3, 0.4) is 0 Å². The van der Waals surface area contributed by atoms with Crippen molar-refractivity contribution < 1.29 is 14.1 Å². The first-order valence-corrected chi connectivity index (χ1v) is 10.0. The summed E-state index contributed by atoms with van der Waals surface area (Å²) in [5.74, 6) is 1.51. The molecular formula is C23H25N3O3. The number of nitrogens with zero attached hydrogens (tertiary/aromatic N) is 3. The van der Waals surface area contributed by atoms with Gasteiger partial charge in [-0.3, -0.25) is 4.79 Å². The van der Waals surface area contributed by atoms with Gasteiger partial charge in [0.05, 0.1) is 6.54 Å². The van der Waals surface area contributed by atoms with Crippen molar-refractivity contribution in [2.75, 3.05) is 7.05 Å². The molecule has 1 aliphatic rings. The zero-order chi connectivity index (χ0) is 20.2. The minimum atomic E-state index is -0.599. The third kappa shape index (κ3) is 4.47. The zero-order valence-electron chi connectivity index (χ0n) is 16.8.